The van der Waals surface area contributed by atoms with E-state index in [9.17, 15) is 14.0 Å². The van der Waals surface area contributed by atoms with Gasteiger partial charge in [0.05, 0.1) is 6.54 Å². The fourth-order valence-electron chi connectivity index (χ4n) is 1.79. The van der Waals surface area contributed by atoms with Crippen molar-refractivity contribution < 1.29 is 9.50 Å². The zero-order valence-electron chi connectivity index (χ0n) is 8.86. The number of nitrogens with one attached hydrogen (secondary N) is 1. The summed E-state index contributed by atoms with van der Waals surface area (Å²) in [6.45, 7) is 1.22. The zero-order chi connectivity index (χ0) is 11.9. The molecule has 1 aromatic rings. The second kappa shape index (κ2) is 3.55. The Morgan fingerprint density at radius 3 is 2.94 bits per heavy atom. The predicted octanol–water partition coefficient (Wildman–Crippen LogP) is -0.434. The van der Waals surface area contributed by atoms with Crippen LogP contribution in [0, 0.1) is 12.8 Å². The number of aryl methyl sites for hydroxylation is 1. The highest BCUT2D eigenvalue weighted by atomic mass is 19.1. The lowest BCUT2D eigenvalue weighted by Gasteiger charge is -2.09. The number of hydrogen-bond donors (Lipinski definition) is 2. The van der Waals surface area contributed by atoms with Gasteiger partial charge in [0.1, 0.15) is 5.67 Å². The van der Waals surface area contributed by atoms with Gasteiger partial charge in [-0.2, -0.15) is 0 Å². The van der Waals surface area contributed by atoms with E-state index in [1.807, 2.05) is 0 Å². The van der Waals surface area contributed by atoms with Crippen LogP contribution in [-0.2, 0) is 6.54 Å². The first-order valence-electron chi connectivity index (χ1n) is 5.06. The number of rotatable bonds is 3. The molecule has 2 N–H and O–H groups in total. The van der Waals surface area contributed by atoms with Crippen molar-refractivity contribution in [1.29, 1.82) is 0 Å². The van der Waals surface area contributed by atoms with Crippen LogP contribution in [0.25, 0.3) is 0 Å². The van der Waals surface area contributed by atoms with Crippen molar-refractivity contribution in [1.82, 2.24) is 9.55 Å². The number of nitrogens with zero attached hydrogens (tertiary/aromatic N) is 1. The molecule has 0 radical (unpaired) electrons. The Morgan fingerprint density at radius 1 is 1.69 bits per heavy atom. The first-order chi connectivity index (χ1) is 7.46. The fourth-order valence-corrected chi connectivity index (χ4v) is 1.79. The van der Waals surface area contributed by atoms with Gasteiger partial charge in [0.15, 0.2) is 0 Å². The molecule has 0 aliphatic heterocycles. The predicted molar refractivity (Wildman–Crippen MR) is 55.1 cm³/mol. The molecule has 0 aromatic carbocycles. The van der Waals surface area contributed by atoms with Gasteiger partial charge in [-0.25, -0.2) is 9.18 Å². The standard InChI is InChI=1S/C10H13FN2O3/c1-6-3-13(9(16)12-8(6)15)5-10(11)2-7(10)4-14/h3,7,14H,2,4-5H2,1H3,(H,12,15,16)/t7-,10-/m1/s1. The first-order valence-corrected chi connectivity index (χ1v) is 5.06. The molecule has 0 spiro atoms. The molecule has 2 rings (SSSR count). The molecule has 1 aliphatic rings. The van der Waals surface area contributed by atoms with E-state index >= 15 is 0 Å². The quantitative estimate of drug-likeness (QED) is 0.736. The topological polar surface area (TPSA) is 75.1 Å². The molecule has 16 heavy (non-hydrogen) atoms. The molecule has 1 saturated carbocycles. The highest BCUT2D eigenvalue weighted by Crippen LogP contribution is 2.47. The monoisotopic (exact) mass is 228 g/mol. The van der Waals surface area contributed by atoms with Crippen LogP contribution in [0.5, 0.6) is 0 Å². The maximum atomic E-state index is 13.9. The van der Waals surface area contributed by atoms with Crippen molar-refractivity contribution in [2.75, 3.05) is 6.61 Å². The number of H-pyrrole nitrogens is 1. The summed E-state index contributed by atoms with van der Waals surface area (Å²) in [7, 11) is 0. The summed E-state index contributed by atoms with van der Waals surface area (Å²) in [5, 5.41) is 8.80. The van der Waals surface area contributed by atoms with Crippen LogP contribution in [0.2, 0.25) is 0 Å². The van der Waals surface area contributed by atoms with Crippen LogP contribution in [0.4, 0.5) is 4.39 Å². The molecule has 1 heterocycles. The maximum Gasteiger partial charge on any atom is 0.328 e. The van der Waals surface area contributed by atoms with Gasteiger partial charge in [-0.05, 0) is 13.3 Å². The second-order valence-electron chi connectivity index (χ2n) is 4.32. The molecule has 1 aromatic heterocycles. The van der Waals surface area contributed by atoms with Crippen LogP contribution in [0.3, 0.4) is 0 Å². The minimum Gasteiger partial charge on any atom is -0.396 e. The molecule has 1 fully saturated rings. The Bertz CT molecular complexity index is 522. The van der Waals surface area contributed by atoms with Crippen molar-refractivity contribution in [2.24, 2.45) is 5.92 Å². The molecule has 6 heteroatoms. The van der Waals surface area contributed by atoms with Gasteiger partial charge in [0, 0.05) is 24.3 Å². The summed E-state index contributed by atoms with van der Waals surface area (Å²) in [4.78, 5) is 24.6. The van der Waals surface area contributed by atoms with Crippen LogP contribution < -0.4 is 11.2 Å². The van der Waals surface area contributed by atoms with Gasteiger partial charge in [0.25, 0.3) is 5.56 Å². The lowest BCUT2D eigenvalue weighted by Crippen LogP contribution is -2.34. The highest BCUT2D eigenvalue weighted by Gasteiger charge is 2.55. The number of hydrogen-bond acceptors (Lipinski definition) is 3. The first kappa shape index (κ1) is 11.1. The average Bonchev–Trinajstić information content (AvgIpc) is 2.86. The van der Waals surface area contributed by atoms with E-state index in [2.05, 4.69) is 4.98 Å². The van der Waals surface area contributed by atoms with Gasteiger partial charge < -0.3 is 5.11 Å². The molecular weight excluding hydrogens is 215 g/mol. The molecule has 0 bridgehead atoms. The number of halogens is 1. The summed E-state index contributed by atoms with van der Waals surface area (Å²) in [6.07, 6.45) is 1.60. The van der Waals surface area contributed by atoms with Gasteiger partial charge in [-0.15, -0.1) is 0 Å². The Labute approximate surface area is 90.5 Å². The summed E-state index contributed by atoms with van der Waals surface area (Å²) in [5.74, 6) is -0.397. The van der Waals surface area contributed by atoms with E-state index in [4.69, 9.17) is 5.11 Å². The molecule has 1 aliphatic carbocycles. The van der Waals surface area contributed by atoms with E-state index in [1.165, 1.54) is 6.20 Å². The van der Waals surface area contributed by atoms with Crippen molar-refractivity contribution in [3.63, 3.8) is 0 Å². The third kappa shape index (κ3) is 1.80. The number of alkyl halides is 1. The minimum absolute atomic E-state index is 0.116. The van der Waals surface area contributed by atoms with E-state index in [-0.39, 0.29) is 19.6 Å². The second-order valence-corrected chi connectivity index (χ2v) is 4.32. The van der Waals surface area contributed by atoms with Crippen molar-refractivity contribution in [3.8, 4) is 0 Å². The molecule has 0 unspecified atom stereocenters. The Hall–Kier alpha value is -1.43. The molecule has 2 atom stereocenters. The van der Waals surface area contributed by atoms with Crippen molar-refractivity contribution in [2.45, 2.75) is 25.6 Å². The zero-order valence-corrected chi connectivity index (χ0v) is 8.86. The Morgan fingerprint density at radius 2 is 2.38 bits per heavy atom. The van der Waals surface area contributed by atoms with Gasteiger partial charge in [-0.1, -0.05) is 0 Å². The third-order valence-corrected chi connectivity index (χ3v) is 3.00. The number of aliphatic hydroxyl groups is 1. The summed E-state index contributed by atoms with van der Waals surface area (Å²) < 4.78 is 15.0. The average molecular weight is 228 g/mol. The van der Waals surface area contributed by atoms with E-state index in [1.54, 1.807) is 6.92 Å². The lowest BCUT2D eigenvalue weighted by atomic mass is 10.3. The Kier molecular flexibility index (Phi) is 2.46. The van der Waals surface area contributed by atoms with Gasteiger partial charge >= 0.3 is 5.69 Å². The van der Waals surface area contributed by atoms with Crippen LogP contribution in [0.1, 0.15) is 12.0 Å². The van der Waals surface area contributed by atoms with Gasteiger partial charge in [-0.3, -0.25) is 14.3 Å². The van der Waals surface area contributed by atoms with E-state index in [0.29, 0.717) is 5.56 Å². The minimum atomic E-state index is -1.51. The summed E-state index contributed by atoms with van der Waals surface area (Å²) >= 11 is 0. The smallest absolute Gasteiger partial charge is 0.328 e. The lowest BCUT2D eigenvalue weighted by molar-refractivity contribution is 0.191. The highest BCUT2D eigenvalue weighted by molar-refractivity contribution is 5.06. The molecular formula is C10H13FN2O3. The molecule has 0 saturated heterocycles. The normalized spacial score (nSPS) is 28.1. The number of aromatic nitrogens is 2. The SMILES string of the molecule is Cc1cn(C[C@]2(F)C[C@@H]2CO)c(=O)[nH]c1=O. The van der Waals surface area contributed by atoms with E-state index < -0.39 is 22.8 Å². The number of aromatic amines is 1. The third-order valence-electron chi connectivity index (χ3n) is 3.00. The van der Waals surface area contributed by atoms with Crippen molar-refractivity contribution >= 4 is 0 Å². The Balaban J connectivity index is 2.27. The van der Waals surface area contributed by atoms with E-state index in [0.717, 1.165) is 4.57 Å². The summed E-state index contributed by atoms with van der Waals surface area (Å²) in [5.41, 5.74) is -2.22. The number of aliphatic hydroxyl groups excluding tert-OH is 1. The van der Waals surface area contributed by atoms with Gasteiger partial charge in [0.2, 0.25) is 0 Å². The van der Waals surface area contributed by atoms with Crippen LogP contribution >= 0.6 is 0 Å². The maximum absolute atomic E-state index is 13.9. The fraction of sp³-hybridized carbons (Fsp3) is 0.600. The van der Waals surface area contributed by atoms with Crippen LogP contribution in [-0.4, -0.2) is 26.9 Å². The molecule has 0 amide bonds. The van der Waals surface area contributed by atoms with Crippen molar-refractivity contribution in [3.05, 3.63) is 32.6 Å². The largest absolute Gasteiger partial charge is 0.396 e. The van der Waals surface area contributed by atoms with Crippen LogP contribution in [0.15, 0.2) is 15.8 Å². The molecule has 88 valence electrons. The molecule has 5 nitrogen and oxygen atoms in total. The summed E-state index contributed by atoms with van der Waals surface area (Å²) in [6, 6.07) is 0.